The minimum Gasteiger partial charge on any atom is -0.501 e. The van der Waals surface area contributed by atoms with E-state index in [1.807, 2.05) is 0 Å². The van der Waals surface area contributed by atoms with Gasteiger partial charge in [0.25, 0.3) is 0 Å². The normalized spacial score (nSPS) is 28.9. The molecule has 0 unspecified atom stereocenters. The molecular weight excluding hydrogens is 152 g/mol. The molecule has 0 radical (unpaired) electrons. The number of methoxy groups -OCH3 is 1. The van der Waals surface area contributed by atoms with Crippen molar-refractivity contribution >= 4 is 5.78 Å². The fraction of sp³-hybridized carbons (Fsp3) is 0.700. The third kappa shape index (κ3) is 1.38. The zero-order chi connectivity index (χ0) is 9.14. The summed E-state index contributed by atoms with van der Waals surface area (Å²) in [5, 5.41) is 0. The Hall–Kier alpha value is -0.790. The van der Waals surface area contributed by atoms with Gasteiger partial charge in [-0.3, -0.25) is 4.79 Å². The third-order valence-corrected chi connectivity index (χ3v) is 2.62. The molecule has 0 heterocycles. The molecule has 0 saturated heterocycles. The van der Waals surface area contributed by atoms with Gasteiger partial charge >= 0.3 is 0 Å². The molecule has 1 aliphatic rings. The summed E-state index contributed by atoms with van der Waals surface area (Å²) in [7, 11) is 1.64. The van der Waals surface area contributed by atoms with Gasteiger partial charge in [-0.15, -0.1) is 0 Å². The van der Waals surface area contributed by atoms with Crippen molar-refractivity contribution in [1.82, 2.24) is 0 Å². The van der Waals surface area contributed by atoms with Crippen LogP contribution >= 0.6 is 0 Å². The van der Waals surface area contributed by atoms with Gasteiger partial charge in [0, 0.05) is 17.9 Å². The molecule has 1 aliphatic carbocycles. The van der Waals surface area contributed by atoms with E-state index in [4.69, 9.17) is 4.74 Å². The number of ketones is 1. The number of hydrogen-bond acceptors (Lipinski definition) is 2. The van der Waals surface area contributed by atoms with E-state index in [2.05, 4.69) is 13.8 Å². The van der Waals surface area contributed by atoms with Crippen molar-refractivity contribution in [3.8, 4) is 0 Å². The molecular formula is C10H16O2. The summed E-state index contributed by atoms with van der Waals surface area (Å²) in [6.45, 7) is 4.15. The van der Waals surface area contributed by atoms with Crippen LogP contribution in [0.25, 0.3) is 0 Å². The highest BCUT2D eigenvalue weighted by molar-refractivity contribution is 5.95. The smallest absolute Gasteiger partial charge is 0.162 e. The molecule has 12 heavy (non-hydrogen) atoms. The third-order valence-electron chi connectivity index (χ3n) is 2.62. The molecule has 0 N–H and O–H groups in total. The summed E-state index contributed by atoms with van der Waals surface area (Å²) in [6, 6.07) is 0. The Balaban J connectivity index is 2.79. The van der Waals surface area contributed by atoms with E-state index in [0.717, 1.165) is 18.6 Å². The zero-order valence-electron chi connectivity index (χ0n) is 7.96. The molecule has 2 nitrogen and oxygen atoms in total. The number of carbonyl (C=O) groups excluding carboxylic acids is 1. The molecule has 68 valence electrons. The van der Waals surface area contributed by atoms with E-state index in [1.54, 1.807) is 13.2 Å². The first kappa shape index (κ1) is 9.30. The van der Waals surface area contributed by atoms with Crippen LogP contribution < -0.4 is 0 Å². The van der Waals surface area contributed by atoms with Gasteiger partial charge in [-0.1, -0.05) is 13.8 Å². The second-order valence-electron chi connectivity index (χ2n) is 3.18. The summed E-state index contributed by atoms with van der Waals surface area (Å²) in [5.41, 5.74) is 0. The first-order chi connectivity index (χ1) is 5.74. The van der Waals surface area contributed by atoms with Crippen molar-refractivity contribution in [1.29, 1.82) is 0 Å². The fourth-order valence-electron chi connectivity index (χ4n) is 1.93. The summed E-state index contributed by atoms with van der Waals surface area (Å²) in [4.78, 5) is 11.4. The summed E-state index contributed by atoms with van der Waals surface area (Å²) >= 11 is 0. The summed E-state index contributed by atoms with van der Waals surface area (Å²) in [5.74, 6) is 1.60. The Morgan fingerprint density at radius 2 is 1.92 bits per heavy atom. The van der Waals surface area contributed by atoms with Crippen molar-refractivity contribution in [3.05, 3.63) is 11.8 Å². The Morgan fingerprint density at radius 3 is 2.33 bits per heavy atom. The topological polar surface area (TPSA) is 26.3 Å². The van der Waals surface area contributed by atoms with Crippen LogP contribution in [-0.2, 0) is 9.53 Å². The van der Waals surface area contributed by atoms with Crippen LogP contribution in [0.4, 0.5) is 0 Å². The first-order valence-corrected chi connectivity index (χ1v) is 4.54. The largest absolute Gasteiger partial charge is 0.501 e. The lowest BCUT2D eigenvalue weighted by atomic mass is 9.89. The number of hydrogen-bond donors (Lipinski definition) is 0. The second kappa shape index (κ2) is 3.74. The van der Waals surface area contributed by atoms with E-state index in [1.165, 1.54) is 0 Å². The molecule has 0 amide bonds. The molecule has 0 aromatic rings. The average molecular weight is 168 g/mol. The van der Waals surface area contributed by atoms with Gasteiger partial charge in [0.15, 0.2) is 5.78 Å². The van der Waals surface area contributed by atoms with Crippen molar-refractivity contribution in [2.75, 3.05) is 7.11 Å². The molecule has 0 saturated carbocycles. The number of rotatable bonds is 3. The van der Waals surface area contributed by atoms with Crippen LogP contribution in [0.3, 0.4) is 0 Å². The second-order valence-corrected chi connectivity index (χ2v) is 3.18. The summed E-state index contributed by atoms with van der Waals surface area (Å²) < 4.78 is 5.16. The van der Waals surface area contributed by atoms with Gasteiger partial charge in [0.2, 0.25) is 0 Å². The molecule has 0 aromatic heterocycles. The minimum atomic E-state index is 0.171. The maximum absolute atomic E-state index is 11.4. The quantitative estimate of drug-likeness (QED) is 0.645. The Bertz CT molecular complexity index is 206. The molecule has 2 atom stereocenters. The van der Waals surface area contributed by atoms with Crippen LogP contribution in [-0.4, -0.2) is 12.9 Å². The van der Waals surface area contributed by atoms with E-state index in [9.17, 15) is 4.79 Å². The van der Waals surface area contributed by atoms with Gasteiger partial charge in [-0.25, -0.2) is 0 Å². The highest BCUT2D eigenvalue weighted by Crippen LogP contribution is 2.34. The van der Waals surface area contributed by atoms with Crippen molar-refractivity contribution in [3.63, 3.8) is 0 Å². The molecule has 0 fully saturated rings. The number of carbonyl (C=O) groups is 1. The average Bonchev–Trinajstić information content (AvgIpc) is 2.40. The summed E-state index contributed by atoms with van der Waals surface area (Å²) in [6.07, 6.45) is 3.56. The zero-order valence-corrected chi connectivity index (χ0v) is 7.96. The van der Waals surface area contributed by atoms with Crippen LogP contribution in [0.2, 0.25) is 0 Å². The van der Waals surface area contributed by atoms with Crippen LogP contribution in [0, 0.1) is 11.8 Å². The standard InChI is InChI=1S/C10H16O2/c1-4-7-8(5-2)10(12-3)6-9(7)11/h6-8H,4-5H2,1-3H3/t7-,8-/m1/s1. The highest BCUT2D eigenvalue weighted by Gasteiger charge is 2.34. The number of allylic oxidation sites excluding steroid dienone is 2. The maximum Gasteiger partial charge on any atom is 0.162 e. The van der Waals surface area contributed by atoms with Gasteiger partial charge in [-0.05, 0) is 12.8 Å². The predicted octanol–water partition coefficient (Wildman–Crippen LogP) is 2.15. The Morgan fingerprint density at radius 1 is 1.33 bits per heavy atom. The van der Waals surface area contributed by atoms with Gasteiger partial charge in [0.1, 0.15) is 5.76 Å². The Labute approximate surface area is 73.6 Å². The molecule has 0 aromatic carbocycles. The van der Waals surface area contributed by atoms with Crippen molar-refractivity contribution in [2.24, 2.45) is 11.8 Å². The van der Waals surface area contributed by atoms with Crippen LogP contribution in [0.15, 0.2) is 11.8 Å². The van der Waals surface area contributed by atoms with Crippen LogP contribution in [0.1, 0.15) is 26.7 Å². The lowest BCUT2D eigenvalue weighted by molar-refractivity contribution is -0.118. The lowest BCUT2D eigenvalue weighted by Gasteiger charge is -2.17. The van der Waals surface area contributed by atoms with Crippen LogP contribution in [0.5, 0.6) is 0 Å². The molecule has 2 heteroatoms. The van der Waals surface area contributed by atoms with E-state index >= 15 is 0 Å². The predicted molar refractivity (Wildman–Crippen MR) is 47.7 cm³/mol. The molecule has 1 rings (SSSR count). The highest BCUT2D eigenvalue weighted by atomic mass is 16.5. The monoisotopic (exact) mass is 168 g/mol. The molecule has 0 spiro atoms. The van der Waals surface area contributed by atoms with Crippen molar-refractivity contribution < 1.29 is 9.53 Å². The molecule has 0 aliphatic heterocycles. The Kier molecular flexibility index (Phi) is 2.90. The van der Waals surface area contributed by atoms with Gasteiger partial charge in [0.05, 0.1) is 7.11 Å². The van der Waals surface area contributed by atoms with E-state index < -0.39 is 0 Å². The van der Waals surface area contributed by atoms with E-state index in [0.29, 0.717) is 5.92 Å². The van der Waals surface area contributed by atoms with Crippen molar-refractivity contribution in [2.45, 2.75) is 26.7 Å². The van der Waals surface area contributed by atoms with E-state index in [-0.39, 0.29) is 11.7 Å². The lowest BCUT2D eigenvalue weighted by Crippen LogP contribution is -2.16. The molecule has 0 bridgehead atoms. The first-order valence-electron chi connectivity index (χ1n) is 4.54. The van der Waals surface area contributed by atoms with Gasteiger partial charge in [-0.2, -0.15) is 0 Å². The SMILES string of the molecule is CC[C@H]1C(=O)C=C(OC)[C@@H]1CC. The van der Waals surface area contributed by atoms with Gasteiger partial charge < -0.3 is 4.74 Å². The maximum atomic E-state index is 11.4. The minimum absolute atomic E-state index is 0.171. The number of ether oxygens (including phenoxy) is 1. The fourth-order valence-corrected chi connectivity index (χ4v) is 1.93.